The highest BCUT2D eigenvalue weighted by molar-refractivity contribution is 6.05. The highest BCUT2D eigenvalue weighted by atomic mass is 16.5. The van der Waals surface area contributed by atoms with E-state index in [0.29, 0.717) is 11.7 Å². The molecule has 1 fully saturated rings. The molecule has 0 radical (unpaired) electrons. The van der Waals surface area contributed by atoms with E-state index < -0.39 is 0 Å². The summed E-state index contributed by atoms with van der Waals surface area (Å²) in [5.41, 5.74) is 1.78. The lowest BCUT2D eigenvalue weighted by molar-refractivity contribution is -0.126. The van der Waals surface area contributed by atoms with Gasteiger partial charge in [-0.1, -0.05) is 36.4 Å². The Morgan fingerprint density at radius 3 is 2.64 bits per heavy atom. The molecule has 1 aliphatic heterocycles. The molecular formula is C18H16N4O3. The fourth-order valence-corrected chi connectivity index (χ4v) is 3.24. The van der Waals surface area contributed by atoms with E-state index in [1.165, 1.54) is 13.4 Å². The number of ether oxygens (including phenoxy) is 1. The van der Waals surface area contributed by atoms with Crippen molar-refractivity contribution >= 4 is 11.9 Å². The Kier molecular flexibility index (Phi) is 3.61. The number of hydrogen-bond acceptors (Lipinski definition) is 5. The van der Waals surface area contributed by atoms with Crippen LogP contribution in [0.15, 0.2) is 54.9 Å². The summed E-state index contributed by atoms with van der Waals surface area (Å²) in [6.45, 7) is 0. The Morgan fingerprint density at radius 2 is 1.96 bits per heavy atom. The van der Waals surface area contributed by atoms with Gasteiger partial charge < -0.3 is 9.84 Å². The summed E-state index contributed by atoms with van der Waals surface area (Å²) in [7, 11) is 1.48. The summed E-state index contributed by atoms with van der Waals surface area (Å²) in [4.78, 5) is 18.6. The molecule has 0 saturated carbocycles. The molecule has 0 spiro atoms. The van der Waals surface area contributed by atoms with Crippen molar-refractivity contribution in [3.63, 3.8) is 0 Å². The first-order valence-corrected chi connectivity index (χ1v) is 7.81. The third-order valence-electron chi connectivity index (χ3n) is 4.43. The molecule has 1 aromatic heterocycles. The van der Waals surface area contributed by atoms with Crippen molar-refractivity contribution in [1.29, 1.82) is 0 Å². The standard InChI is InChI=1S/C18H16N4O3/c1-25-14-9-12(7-8-13(14)23)15-16(11-5-3-2-4-6-11)22(17(15)24)18-19-10-20-21-18/h2-10,15-16,23H,1H3,(H,19,20,21). The zero-order valence-corrected chi connectivity index (χ0v) is 13.5. The summed E-state index contributed by atoms with van der Waals surface area (Å²) in [5, 5.41) is 16.4. The van der Waals surface area contributed by atoms with Crippen LogP contribution in [0, 0.1) is 0 Å². The topological polar surface area (TPSA) is 91.3 Å². The summed E-state index contributed by atoms with van der Waals surface area (Å²) in [6.07, 6.45) is 1.38. The lowest BCUT2D eigenvalue weighted by Gasteiger charge is -2.46. The van der Waals surface area contributed by atoms with Gasteiger partial charge in [0, 0.05) is 0 Å². The Labute approximate surface area is 143 Å². The van der Waals surface area contributed by atoms with Crippen LogP contribution in [0.4, 0.5) is 5.95 Å². The third-order valence-corrected chi connectivity index (χ3v) is 4.43. The minimum absolute atomic E-state index is 0.0429. The van der Waals surface area contributed by atoms with Gasteiger partial charge in [-0.3, -0.25) is 9.69 Å². The smallest absolute Gasteiger partial charge is 0.239 e. The number of hydrogen-bond donors (Lipinski definition) is 2. The lowest BCUT2D eigenvalue weighted by atomic mass is 9.78. The van der Waals surface area contributed by atoms with Crippen molar-refractivity contribution in [2.75, 3.05) is 12.0 Å². The number of nitrogens with zero attached hydrogens (tertiary/aromatic N) is 3. The molecule has 4 rings (SSSR count). The van der Waals surface area contributed by atoms with Gasteiger partial charge in [0.1, 0.15) is 6.33 Å². The zero-order valence-electron chi connectivity index (χ0n) is 13.5. The molecule has 1 saturated heterocycles. The van der Waals surface area contributed by atoms with Crippen molar-refractivity contribution in [2.24, 2.45) is 0 Å². The van der Waals surface area contributed by atoms with Gasteiger partial charge in [0.2, 0.25) is 11.9 Å². The maximum absolute atomic E-state index is 12.9. The fourth-order valence-electron chi connectivity index (χ4n) is 3.24. The van der Waals surface area contributed by atoms with Gasteiger partial charge in [0.25, 0.3) is 0 Å². The number of aromatic hydroxyl groups is 1. The van der Waals surface area contributed by atoms with Crippen molar-refractivity contribution < 1.29 is 14.6 Å². The molecule has 7 nitrogen and oxygen atoms in total. The van der Waals surface area contributed by atoms with Crippen molar-refractivity contribution in [3.05, 3.63) is 66.0 Å². The molecule has 1 amide bonds. The molecule has 0 bridgehead atoms. The number of β-lactam (4-membered cyclic amide) rings is 1. The van der Waals surface area contributed by atoms with E-state index in [1.54, 1.807) is 23.1 Å². The highest BCUT2D eigenvalue weighted by Gasteiger charge is 2.51. The number of aromatic amines is 1. The largest absolute Gasteiger partial charge is 0.504 e. The summed E-state index contributed by atoms with van der Waals surface area (Å²) < 4.78 is 5.18. The van der Waals surface area contributed by atoms with Gasteiger partial charge in [-0.15, -0.1) is 0 Å². The number of H-pyrrole nitrogens is 1. The third kappa shape index (κ3) is 2.40. The molecule has 3 aromatic rings. The number of phenols is 1. The molecule has 2 N–H and O–H groups in total. The molecular weight excluding hydrogens is 320 g/mol. The monoisotopic (exact) mass is 336 g/mol. The summed E-state index contributed by atoms with van der Waals surface area (Å²) in [6, 6.07) is 14.5. The SMILES string of the molecule is COc1cc(C2C(=O)N(c3ncn[nH]3)C2c2ccccc2)ccc1O. The number of carbonyl (C=O) groups excluding carboxylic acids is 1. The first-order chi connectivity index (χ1) is 12.2. The predicted molar refractivity (Wildman–Crippen MR) is 90.5 cm³/mol. The van der Waals surface area contributed by atoms with E-state index in [-0.39, 0.29) is 23.6 Å². The maximum atomic E-state index is 12.9. The molecule has 1 aliphatic rings. The van der Waals surface area contributed by atoms with E-state index in [0.717, 1.165) is 11.1 Å². The van der Waals surface area contributed by atoms with Gasteiger partial charge in [0.15, 0.2) is 11.5 Å². The maximum Gasteiger partial charge on any atom is 0.239 e. The number of rotatable bonds is 4. The Morgan fingerprint density at radius 1 is 1.16 bits per heavy atom. The second-order valence-electron chi connectivity index (χ2n) is 5.78. The quantitative estimate of drug-likeness (QED) is 0.714. The number of anilines is 1. The number of carbonyl (C=O) groups is 1. The molecule has 0 aliphatic carbocycles. The number of methoxy groups -OCH3 is 1. The molecule has 7 heteroatoms. The molecule has 126 valence electrons. The van der Waals surface area contributed by atoms with Crippen LogP contribution in [-0.2, 0) is 4.79 Å². The van der Waals surface area contributed by atoms with Crippen molar-refractivity contribution in [1.82, 2.24) is 15.2 Å². The van der Waals surface area contributed by atoms with Crippen LogP contribution < -0.4 is 9.64 Å². The number of benzene rings is 2. The van der Waals surface area contributed by atoms with E-state index in [4.69, 9.17) is 4.74 Å². The van der Waals surface area contributed by atoms with Gasteiger partial charge in [0.05, 0.1) is 19.1 Å². The molecule has 2 atom stereocenters. The molecule has 2 heterocycles. The minimum atomic E-state index is -0.387. The van der Waals surface area contributed by atoms with E-state index in [2.05, 4.69) is 15.2 Å². The molecule has 2 aromatic carbocycles. The van der Waals surface area contributed by atoms with Crippen LogP contribution in [0.3, 0.4) is 0 Å². The average Bonchev–Trinajstić information content (AvgIpc) is 3.15. The van der Waals surface area contributed by atoms with E-state index in [9.17, 15) is 9.90 Å². The number of nitrogens with one attached hydrogen (secondary N) is 1. The van der Waals surface area contributed by atoms with Gasteiger partial charge in [-0.05, 0) is 23.3 Å². The second-order valence-corrected chi connectivity index (χ2v) is 5.78. The minimum Gasteiger partial charge on any atom is -0.504 e. The Bertz CT molecular complexity index is 896. The average molecular weight is 336 g/mol. The molecule has 25 heavy (non-hydrogen) atoms. The van der Waals surface area contributed by atoms with Gasteiger partial charge >= 0.3 is 0 Å². The van der Waals surface area contributed by atoms with Gasteiger partial charge in [-0.25, -0.2) is 5.10 Å². The fraction of sp³-hybridized carbons (Fsp3) is 0.167. The number of phenolic OH excluding ortho intramolecular Hbond substituents is 1. The Balaban J connectivity index is 1.78. The van der Waals surface area contributed by atoms with E-state index >= 15 is 0 Å². The van der Waals surface area contributed by atoms with Crippen molar-refractivity contribution in [2.45, 2.75) is 12.0 Å². The first kappa shape index (κ1) is 15.2. The van der Waals surface area contributed by atoms with E-state index in [1.807, 2.05) is 30.3 Å². The van der Waals surface area contributed by atoms with Crippen LogP contribution in [0.25, 0.3) is 0 Å². The highest BCUT2D eigenvalue weighted by Crippen LogP contribution is 2.48. The summed E-state index contributed by atoms with van der Waals surface area (Å²) >= 11 is 0. The summed E-state index contributed by atoms with van der Waals surface area (Å²) in [5.74, 6) is 0.331. The second kappa shape index (κ2) is 5.94. The van der Waals surface area contributed by atoms with Crippen LogP contribution in [-0.4, -0.2) is 33.3 Å². The predicted octanol–water partition coefficient (Wildman–Crippen LogP) is 2.39. The normalized spacial score (nSPS) is 19.6. The van der Waals surface area contributed by atoms with Crippen LogP contribution in [0.5, 0.6) is 11.5 Å². The molecule has 2 unspecified atom stereocenters. The zero-order chi connectivity index (χ0) is 17.4. The lowest BCUT2D eigenvalue weighted by Crippen LogP contribution is -2.54. The van der Waals surface area contributed by atoms with Crippen molar-refractivity contribution in [3.8, 4) is 11.5 Å². The number of amides is 1. The van der Waals surface area contributed by atoms with Crippen LogP contribution in [0.1, 0.15) is 23.1 Å². The van der Waals surface area contributed by atoms with Crippen LogP contribution in [0.2, 0.25) is 0 Å². The Hall–Kier alpha value is -3.35. The first-order valence-electron chi connectivity index (χ1n) is 7.81. The van der Waals surface area contributed by atoms with Gasteiger partial charge in [-0.2, -0.15) is 10.1 Å². The number of aromatic nitrogens is 3. The van der Waals surface area contributed by atoms with Crippen LogP contribution >= 0.6 is 0 Å².